The molecule has 21 heavy (non-hydrogen) atoms. The second-order valence-electron chi connectivity index (χ2n) is 4.13. The molecular formula is C12H11BrF2N2O2S2. The molecule has 0 saturated carbocycles. The molecule has 0 amide bonds. The second-order valence-corrected chi connectivity index (χ2v) is 7.66. The van der Waals surface area contributed by atoms with E-state index in [2.05, 4.69) is 26.0 Å². The monoisotopic (exact) mass is 396 g/mol. The first-order valence-electron chi connectivity index (χ1n) is 5.73. The van der Waals surface area contributed by atoms with Crippen molar-refractivity contribution in [2.45, 2.75) is 11.4 Å². The number of nitrogens with one attached hydrogen (secondary N) is 2. The van der Waals surface area contributed by atoms with Crippen molar-refractivity contribution in [2.75, 3.05) is 11.8 Å². The molecule has 1 aromatic carbocycles. The molecule has 2 rings (SSSR count). The van der Waals surface area contributed by atoms with Crippen LogP contribution >= 0.6 is 27.3 Å². The normalized spacial score (nSPS) is 11.6. The van der Waals surface area contributed by atoms with E-state index in [1.54, 1.807) is 7.05 Å². The van der Waals surface area contributed by atoms with E-state index in [-0.39, 0.29) is 15.1 Å². The van der Waals surface area contributed by atoms with Crippen molar-refractivity contribution in [3.63, 3.8) is 0 Å². The lowest BCUT2D eigenvalue weighted by Gasteiger charge is -2.08. The van der Waals surface area contributed by atoms with Crippen LogP contribution in [0.4, 0.5) is 14.5 Å². The summed E-state index contributed by atoms with van der Waals surface area (Å²) in [6, 6.07) is 3.16. The lowest BCUT2D eigenvalue weighted by molar-refractivity contribution is 0.579. The molecule has 1 aromatic heterocycles. The van der Waals surface area contributed by atoms with Gasteiger partial charge in [-0.15, -0.1) is 11.3 Å². The Bertz CT molecular complexity index is 763. The predicted molar refractivity (Wildman–Crippen MR) is 81.9 cm³/mol. The smallest absolute Gasteiger partial charge is 0.262 e. The molecule has 9 heteroatoms. The molecule has 0 bridgehead atoms. The van der Waals surface area contributed by atoms with E-state index in [0.29, 0.717) is 12.6 Å². The Kier molecular flexibility index (Phi) is 4.97. The second kappa shape index (κ2) is 6.39. The van der Waals surface area contributed by atoms with E-state index < -0.39 is 21.7 Å². The van der Waals surface area contributed by atoms with Crippen molar-refractivity contribution in [1.82, 2.24) is 5.32 Å². The summed E-state index contributed by atoms with van der Waals surface area (Å²) in [5.41, 5.74) is -0.315. The molecule has 114 valence electrons. The van der Waals surface area contributed by atoms with E-state index >= 15 is 0 Å². The zero-order valence-corrected chi connectivity index (χ0v) is 14.0. The van der Waals surface area contributed by atoms with Crippen LogP contribution in [0.2, 0.25) is 0 Å². The molecule has 0 radical (unpaired) electrons. The van der Waals surface area contributed by atoms with E-state index in [4.69, 9.17) is 0 Å². The third-order valence-electron chi connectivity index (χ3n) is 2.55. The van der Waals surface area contributed by atoms with Crippen molar-refractivity contribution in [2.24, 2.45) is 0 Å². The minimum atomic E-state index is -3.91. The summed E-state index contributed by atoms with van der Waals surface area (Å²) in [5.74, 6) is -1.78. The van der Waals surface area contributed by atoms with E-state index in [0.717, 1.165) is 10.9 Å². The van der Waals surface area contributed by atoms with Crippen LogP contribution in [0.3, 0.4) is 0 Å². The first-order valence-corrected chi connectivity index (χ1v) is 8.88. The summed E-state index contributed by atoms with van der Waals surface area (Å²) in [6.45, 7) is 0.538. The van der Waals surface area contributed by atoms with E-state index in [1.807, 2.05) is 0 Å². The number of sulfonamides is 1. The molecule has 2 aromatic rings. The van der Waals surface area contributed by atoms with Gasteiger partial charge in [-0.1, -0.05) is 0 Å². The number of hydrogen-bond acceptors (Lipinski definition) is 4. The minimum absolute atomic E-state index is 0.0252. The number of halogens is 3. The molecule has 0 fully saturated rings. The lowest BCUT2D eigenvalue weighted by atomic mass is 10.3. The van der Waals surface area contributed by atoms with Gasteiger partial charge < -0.3 is 5.32 Å². The van der Waals surface area contributed by atoms with Crippen LogP contribution in [-0.4, -0.2) is 15.5 Å². The zero-order valence-electron chi connectivity index (χ0n) is 10.8. The van der Waals surface area contributed by atoms with Crippen molar-refractivity contribution in [3.05, 3.63) is 44.6 Å². The number of anilines is 1. The summed E-state index contributed by atoms with van der Waals surface area (Å²) in [4.78, 5) is 0.872. The maximum Gasteiger partial charge on any atom is 0.262 e. The Morgan fingerprint density at radius 3 is 2.62 bits per heavy atom. The van der Waals surface area contributed by atoms with Gasteiger partial charge in [0.15, 0.2) is 0 Å². The highest BCUT2D eigenvalue weighted by molar-refractivity contribution is 9.10. The molecule has 0 aliphatic carbocycles. The maximum atomic E-state index is 13.6. The van der Waals surface area contributed by atoms with Gasteiger partial charge in [0.05, 0.1) is 15.1 Å². The van der Waals surface area contributed by atoms with Crippen molar-refractivity contribution in [3.8, 4) is 0 Å². The van der Waals surface area contributed by atoms with Crippen LogP contribution in [0, 0.1) is 11.6 Å². The third kappa shape index (κ3) is 3.79. The summed E-state index contributed by atoms with van der Waals surface area (Å²) >= 11 is 4.16. The first-order chi connectivity index (χ1) is 9.83. The zero-order chi connectivity index (χ0) is 15.6. The Morgan fingerprint density at radius 1 is 1.24 bits per heavy atom. The molecule has 0 atom stereocenters. The van der Waals surface area contributed by atoms with Crippen molar-refractivity contribution >= 4 is 43.0 Å². The molecule has 2 N–H and O–H groups in total. The van der Waals surface area contributed by atoms with Gasteiger partial charge in [0.1, 0.15) is 11.6 Å². The maximum absolute atomic E-state index is 13.6. The molecule has 0 saturated heterocycles. The van der Waals surface area contributed by atoms with Gasteiger partial charge in [-0.3, -0.25) is 4.72 Å². The summed E-state index contributed by atoms with van der Waals surface area (Å²) in [7, 11) is -2.17. The average Bonchev–Trinajstić information content (AvgIpc) is 2.86. The van der Waals surface area contributed by atoms with Crippen LogP contribution < -0.4 is 10.0 Å². The average molecular weight is 397 g/mol. The van der Waals surface area contributed by atoms with Gasteiger partial charge in [0.25, 0.3) is 10.0 Å². The van der Waals surface area contributed by atoms with Crippen LogP contribution in [-0.2, 0) is 16.6 Å². The van der Waals surface area contributed by atoms with Crippen LogP contribution in [0.15, 0.2) is 32.9 Å². The van der Waals surface area contributed by atoms with Crippen molar-refractivity contribution in [1.29, 1.82) is 0 Å². The lowest BCUT2D eigenvalue weighted by Crippen LogP contribution is -2.13. The molecule has 0 aliphatic heterocycles. The van der Waals surface area contributed by atoms with E-state index in [9.17, 15) is 17.2 Å². The Labute approximate surface area is 133 Å². The summed E-state index contributed by atoms with van der Waals surface area (Å²) in [6.07, 6.45) is 0. The molecule has 0 spiro atoms. The number of thiophene rings is 1. The quantitative estimate of drug-likeness (QED) is 0.762. The summed E-state index contributed by atoms with van der Waals surface area (Å²) in [5, 5.41) is 4.37. The first kappa shape index (κ1) is 16.3. The number of benzene rings is 1. The topological polar surface area (TPSA) is 58.2 Å². The number of rotatable bonds is 5. The van der Waals surface area contributed by atoms with Crippen molar-refractivity contribution < 1.29 is 17.2 Å². The Hall–Kier alpha value is -1.03. The Morgan fingerprint density at radius 2 is 1.95 bits per heavy atom. The van der Waals surface area contributed by atoms with Crippen LogP contribution in [0.5, 0.6) is 0 Å². The van der Waals surface area contributed by atoms with Gasteiger partial charge in [-0.2, -0.15) is 0 Å². The fourth-order valence-corrected chi connectivity index (χ4v) is 4.26. The highest BCUT2D eigenvalue weighted by Gasteiger charge is 2.19. The third-order valence-corrected chi connectivity index (χ3v) is 5.58. The molecule has 1 heterocycles. The minimum Gasteiger partial charge on any atom is -0.315 e. The van der Waals surface area contributed by atoms with Gasteiger partial charge in [-0.25, -0.2) is 17.2 Å². The predicted octanol–water partition coefficient (Wildman–Crippen LogP) is 3.31. The molecule has 0 aliphatic rings. The number of hydrogen-bond donors (Lipinski definition) is 2. The van der Waals surface area contributed by atoms with Crippen LogP contribution in [0.1, 0.15) is 4.88 Å². The standard InChI is InChI=1S/C12H11BrF2N2O2S2/c1-16-5-7-2-8(6-20-7)21(18,19)17-12-3-9(13)10(14)4-11(12)15/h2-4,6,16-17H,5H2,1H3. The highest BCUT2D eigenvalue weighted by Crippen LogP contribution is 2.27. The van der Waals surface area contributed by atoms with Gasteiger partial charge in [-0.05, 0) is 35.1 Å². The molecule has 4 nitrogen and oxygen atoms in total. The highest BCUT2D eigenvalue weighted by atomic mass is 79.9. The van der Waals surface area contributed by atoms with Crippen LogP contribution in [0.25, 0.3) is 0 Å². The molecular weight excluding hydrogens is 386 g/mol. The van der Waals surface area contributed by atoms with Gasteiger partial charge in [0.2, 0.25) is 0 Å². The molecule has 0 unspecified atom stereocenters. The van der Waals surface area contributed by atoms with E-state index in [1.165, 1.54) is 22.8 Å². The summed E-state index contributed by atoms with van der Waals surface area (Å²) < 4.78 is 53.2. The fraction of sp³-hybridized carbons (Fsp3) is 0.167. The van der Waals surface area contributed by atoms with Gasteiger partial charge >= 0.3 is 0 Å². The fourth-order valence-electron chi connectivity index (χ4n) is 1.57. The van der Waals surface area contributed by atoms with Gasteiger partial charge in [0, 0.05) is 22.9 Å². The SMILES string of the molecule is CNCc1cc(S(=O)(=O)Nc2cc(Br)c(F)cc2F)cs1. The largest absolute Gasteiger partial charge is 0.315 e. The Balaban J connectivity index is 2.30.